The van der Waals surface area contributed by atoms with Gasteiger partial charge in [0.2, 0.25) is 0 Å². The molecule has 0 aliphatic rings. The third-order valence-corrected chi connectivity index (χ3v) is 4.31. The van der Waals surface area contributed by atoms with Gasteiger partial charge in [-0.25, -0.2) is 0 Å². The van der Waals surface area contributed by atoms with Crippen molar-refractivity contribution < 1.29 is 0 Å². The summed E-state index contributed by atoms with van der Waals surface area (Å²) < 4.78 is 0. The van der Waals surface area contributed by atoms with Gasteiger partial charge < -0.3 is 0 Å². The normalized spacial score (nSPS) is 13.2. The van der Waals surface area contributed by atoms with Crippen molar-refractivity contribution in [2.45, 2.75) is 45.6 Å². The highest BCUT2D eigenvalue weighted by atomic mass is 15.2. The molecule has 112 valence electrons. The van der Waals surface area contributed by atoms with Crippen molar-refractivity contribution in [1.82, 2.24) is 5.43 Å². The average molecular weight is 282 g/mol. The van der Waals surface area contributed by atoms with Crippen LogP contribution in [0.25, 0.3) is 0 Å². The third kappa shape index (κ3) is 3.72. The summed E-state index contributed by atoms with van der Waals surface area (Å²) in [7, 11) is 0. The Labute approximate surface area is 128 Å². The lowest BCUT2D eigenvalue weighted by Crippen LogP contribution is -2.49. The van der Waals surface area contributed by atoms with Gasteiger partial charge in [-0.3, -0.25) is 11.3 Å². The number of hydrazine groups is 1. The molecule has 2 aromatic carbocycles. The molecule has 2 nitrogen and oxygen atoms in total. The second kappa shape index (κ2) is 6.42. The van der Waals surface area contributed by atoms with E-state index in [2.05, 4.69) is 75.6 Å². The Morgan fingerprint density at radius 3 is 2.10 bits per heavy atom. The maximum Gasteiger partial charge on any atom is 0.0342 e. The van der Waals surface area contributed by atoms with Crippen LogP contribution in [0.5, 0.6) is 0 Å². The number of nitrogens with one attached hydrogen (secondary N) is 1. The maximum absolute atomic E-state index is 5.87. The quantitative estimate of drug-likeness (QED) is 0.649. The largest absolute Gasteiger partial charge is 0.271 e. The zero-order valence-electron chi connectivity index (χ0n) is 13.5. The Morgan fingerprint density at radius 2 is 1.57 bits per heavy atom. The van der Waals surface area contributed by atoms with Crippen LogP contribution in [0.1, 0.15) is 36.1 Å². The predicted molar refractivity (Wildman–Crippen MR) is 90.2 cm³/mol. The van der Waals surface area contributed by atoms with E-state index in [1.165, 1.54) is 22.3 Å². The summed E-state index contributed by atoms with van der Waals surface area (Å²) in [4.78, 5) is 0. The van der Waals surface area contributed by atoms with E-state index in [0.29, 0.717) is 0 Å². The Kier molecular flexibility index (Phi) is 4.81. The number of rotatable bonds is 5. The first-order valence-corrected chi connectivity index (χ1v) is 7.52. The van der Waals surface area contributed by atoms with Gasteiger partial charge in [0.05, 0.1) is 0 Å². The van der Waals surface area contributed by atoms with Gasteiger partial charge in [0.1, 0.15) is 0 Å². The molecule has 1 unspecified atom stereocenters. The molecule has 0 saturated carbocycles. The van der Waals surface area contributed by atoms with Crippen molar-refractivity contribution in [2.75, 3.05) is 0 Å². The monoisotopic (exact) mass is 282 g/mol. The van der Waals surface area contributed by atoms with Crippen molar-refractivity contribution in [3.63, 3.8) is 0 Å². The third-order valence-electron chi connectivity index (χ3n) is 4.31. The minimum Gasteiger partial charge on any atom is -0.271 e. The van der Waals surface area contributed by atoms with Gasteiger partial charge in [-0.05, 0) is 31.4 Å². The zero-order chi connectivity index (χ0) is 15.5. The van der Waals surface area contributed by atoms with Crippen LogP contribution in [0.3, 0.4) is 0 Å². The summed E-state index contributed by atoms with van der Waals surface area (Å²) >= 11 is 0. The highest BCUT2D eigenvalue weighted by Crippen LogP contribution is 2.29. The second-order valence-corrected chi connectivity index (χ2v) is 6.51. The molecule has 0 spiro atoms. The molecule has 0 amide bonds. The molecule has 21 heavy (non-hydrogen) atoms. The van der Waals surface area contributed by atoms with Crippen molar-refractivity contribution in [2.24, 2.45) is 5.84 Å². The van der Waals surface area contributed by atoms with Crippen LogP contribution in [-0.4, -0.2) is 6.04 Å². The van der Waals surface area contributed by atoms with E-state index in [4.69, 9.17) is 5.84 Å². The van der Waals surface area contributed by atoms with Crippen molar-refractivity contribution in [1.29, 1.82) is 0 Å². The van der Waals surface area contributed by atoms with Crippen LogP contribution in [0.15, 0.2) is 48.5 Å². The SMILES string of the molecule is Cc1cc(C)cc(CC(NN)C(C)(C)c2ccccc2)c1. The number of benzene rings is 2. The summed E-state index contributed by atoms with van der Waals surface area (Å²) in [5, 5.41) is 0. The van der Waals surface area contributed by atoms with Gasteiger partial charge in [0.15, 0.2) is 0 Å². The van der Waals surface area contributed by atoms with Gasteiger partial charge >= 0.3 is 0 Å². The molecule has 0 saturated heterocycles. The lowest BCUT2D eigenvalue weighted by molar-refractivity contribution is 0.341. The molecular formula is C19H26N2. The Bertz CT molecular complexity index is 568. The van der Waals surface area contributed by atoms with Crippen LogP contribution in [0.4, 0.5) is 0 Å². The molecule has 2 rings (SSSR count). The van der Waals surface area contributed by atoms with Crippen LogP contribution in [-0.2, 0) is 11.8 Å². The topological polar surface area (TPSA) is 38.0 Å². The molecule has 0 fully saturated rings. The Morgan fingerprint density at radius 1 is 1.00 bits per heavy atom. The molecule has 1 atom stereocenters. The van der Waals surface area contributed by atoms with E-state index in [-0.39, 0.29) is 11.5 Å². The minimum atomic E-state index is -0.0341. The van der Waals surface area contributed by atoms with Crippen LogP contribution >= 0.6 is 0 Å². The summed E-state index contributed by atoms with van der Waals surface area (Å²) in [6, 6.07) is 17.4. The van der Waals surface area contributed by atoms with Crippen molar-refractivity contribution >= 4 is 0 Å². The molecule has 3 N–H and O–H groups in total. The van der Waals surface area contributed by atoms with Crippen LogP contribution in [0, 0.1) is 13.8 Å². The Hall–Kier alpha value is -1.64. The molecule has 2 heteroatoms. The Balaban J connectivity index is 2.27. The first-order valence-electron chi connectivity index (χ1n) is 7.52. The molecule has 0 bridgehead atoms. The van der Waals surface area contributed by atoms with E-state index >= 15 is 0 Å². The highest BCUT2D eigenvalue weighted by Gasteiger charge is 2.30. The van der Waals surface area contributed by atoms with Crippen molar-refractivity contribution in [3.8, 4) is 0 Å². The minimum absolute atomic E-state index is 0.0341. The van der Waals surface area contributed by atoms with Gasteiger partial charge in [-0.2, -0.15) is 0 Å². The van der Waals surface area contributed by atoms with Crippen molar-refractivity contribution in [3.05, 3.63) is 70.8 Å². The fourth-order valence-electron chi connectivity index (χ4n) is 3.01. The van der Waals surface area contributed by atoms with Gasteiger partial charge in [0, 0.05) is 11.5 Å². The average Bonchev–Trinajstić information content (AvgIpc) is 2.44. The number of nitrogens with two attached hydrogens (primary N) is 1. The van der Waals surface area contributed by atoms with Gasteiger partial charge in [-0.15, -0.1) is 0 Å². The molecule has 0 heterocycles. The fourth-order valence-corrected chi connectivity index (χ4v) is 3.01. The number of aryl methyl sites for hydroxylation is 2. The number of hydrogen-bond acceptors (Lipinski definition) is 2. The molecular weight excluding hydrogens is 256 g/mol. The van der Waals surface area contributed by atoms with Gasteiger partial charge in [0.25, 0.3) is 0 Å². The lowest BCUT2D eigenvalue weighted by atomic mass is 9.75. The molecule has 0 radical (unpaired) electrons. The first kappa shape index (κ1) is 15.7. The molecule has 0 aliphatic heterocycles. The van der Waals surface area contributed by atoms with Crippen LogP contribution in [0.2, 0.25) is 0 Å². The van der Waals surface area contributed by atoms with Gasteiger partial charge in [-0.1, -0.05) is 73.5 Å². The standard InChI is InChI=1S/C19H26N2/c1-14-10-15(2)12-16(11-14)13-18(21-20)19(3,4)17-8-6-5-7-9-17/h5-12,18,21H,13,20H2,1-4H3. The number of hydrogen-bond donors (Lipinski definition) is 2. The smallest absolute Gasteiger partial charge is 0.0342 e. The zero-order valence-corrected chi connectivity index (χ0v) is 13.5. The van der Waals surface area contributed by atoms with E-state index in [0.717, 1.165) is 6.42 Å². The summed E-state index contributed by atoms with van der Waals surface area (Å²) in [5.74, 6) is 5.87. The summed E-state index contributed by atoms with van der Waals surface area (Å²) in [6.07, 6.45) is 0.918. The molecule has 2 aromatic rings. The fraction of sp³-hybridized carbons (Fsp3) is 0.368. The van der Waals surface area contributed by atoms with Crippen LogP contribution < -0.4 is 11.3 Å². The molecule has 0 aliphatic carbocycles. The van der Waals surface area contributed by atoms with E-state index < -0.39 is 0 Å². The van der Waals surface area contributed by atoms with E-state index in [9.17, 15) is 0 Å². The van der Waals surface area contributed by atoms with E-state index in [1.807, 2.05) is 6.07 Å². The lowest BCUT2D eigenvalue weighted by Gasteiger charge is -2.35. The second-order valence-electron chi connectivity index (χ2n) is 6.51. The first-order chi connectivity index (χ1) is 9.93. The van der Waals surface area contributed by atoms with E-state index in [1.54, 1.807) is 0 Å². The highest BCUT2D eigenvalue weighted by molar-refractivity contribution is 5.31. The summed E-state index contributed by atoms with van der Waals surface area (Å²) in [6.45, 7) is 8.78. The maximum atomic E-state index is 5.87. The molecule has 0 aromatic heterocycles. The predicted octanol–water partition coefficient (Wildman–Crippen LogP) is 3.66. The summed E-state index contributed by atoms with van der Waals surface area (Å²) in [5.41, 5.74) is 8.24.